The van der Waals surface area contributed by atoms with Crippen LogP contribution in [0.15, 0.2) is 51.8 Å². The average molecular weight is 313 g/mol. The quantitative estimate of drug-likeness (QED) is 0.638. The predicted octanol–water partition coefficient (Wildman–Crippen LogP) is 4.78. The van der Waals surface area contributed by atoms with Gasteiger partial charge in [0.05, 0.1) is 0 Å². The van der Waals surface area contributed by atoms with Crippen molar-refractivity contribution in [2.45, 2.75) is 24.2 Å². The highest BCUT2D eigenvalue weighted by molar-refractivity contribution is 7.98. The maximum atomic E-state index is 11.9. The van der Waals surface area contributed by atoms with Gasteiger partial charge in [-0.05, 0) is 55.0 Å². The Labute approximate surface area is 134 Å². The summed E-state index contributed by atoms with van der Waals surface area (Å²) in [6.45, 7) is 2.22. The predicted molar refractivity (Wildman–Crippen MR) is 91.1 cm³/mol. The van der Waals surface area contributed by atoms with Crippen LogP contribution in [0.4, 0.5) is 5.69 Å². The van der Waals surface area contributed by atoms with E-state index in [4.69, 9.17) is 4.42 Å². The van der Waals surface area contributed by atoms with Crippen LogP contribution in [-0.2, 0) is 4.79 Å². The van der Waals surface area contributed by atoms with Gasteiger partial charge in [0.2, 0.25) is 5.91 Å². The molecule has 2 aromatic rings. The van der Waals surface area contributed by atoms with Crippen LogP contribution in [0.1, 0.15) is 30.8 Å². The summed E-state index contributed by atoms with van der Waals surface area (Å²) in [5.74, 6) is 2.87. The van der Waals surface area contributed by atoms with E-state index in [-0.39, 0.29) is 5.91 Å². The largest absolute Gasteiger partial charge is 0.461 e. The first-order valence-corrected chi connectivity index (χ1v) is 8.61. The summed E-state index contributed by atoms with van der Waals surface area (Å²) in [5.41, 5.74) is 0.799. The van der Waals surface area contributed by atoms with Gasteiger partial charge in [-0.1, -0.05) is 13.0 Å². The van der Waals surface area contributed by atoms with Crippen molar-refractivity contribution in [3.8, 4) is 0 Å². The van der Waals surface area contributed by atoms with Crippen LogP contribution in [-0.4, -0.2) is 12.2 Å². The van der Waals surface area contributed by atoms with Crippen LogP contribution in [0.25, 0.3) is 6.08 Å². The number of carbonyl (C=O) groups excluding carboxylic acids is 1. The molecule has 3 nitrogen and oxygen atoms in total. The van der Waals surface area contributed by atoms with Crippen molar-refractivity contribution in [3.05, 3.63) is 54.0 Å². The maximum absolute atomic E-state index is 11.9. The Kier molecular flexibility index (Phi) is 4.39. The van der Waals surface area contributed by atoms with Crippen molar-refractivity contribution in [1.82, 2.24) is 0 Å². The number of benzene rings is 1. The lowest BCUT2D eigenvalue weighted by Crippen LogP contribution is -2.07. The first kappa shape index (κ1) is 15.0. The Hall–Kier alpha value is -1.94. The number of carbonyl (C=O) groups is 1. The van der Waals surface area contributed by atoms with E-state index in [0.717, 1.165) is 28.0 Å². The van der Waals surface area contributed by atoms with E-state index in [0.29, 0.717) is 5.92 Å². The number of hydrogen-bond donors (Lipinski definition) is 1. The normalized spacial score (nSPS) is 20.3. The molecule has 1 fully saturated rings. The first-order valence-electron chi connectivity index (χ1n) is 7.38. The van der Waals surface area contributed by atoms with Crippen LogP contribution in [0.2, 0.25) is 0 Å². The van der Waals surface area contributed by atoms with Crippen LogP contribution >= 0.6 is 11.8 Å². The Morgan fingerprint density at radius 2 is 2.18 bits per heavy atom. The molecular formula is C18H19NO2S. The molecule has 1 heterocycles. The van der Waals surface area contributed by atoms with Gasteiger partial charge in [0, 0.05) is 22.6 Å². The molecular weight excluding hydrogens is 294 g/mol. The summed E-state index contributed by atoms with van der Waals surface area (Å²) >= 11 is 1.65. The summed E-state index contributed by atoms with van der Waals surface area (Å²) in [5, 5.41) is 2.86. The van der Waals surface area contributed by atoms with E-state index in [1.165, 1.54) is 12.5 Å². The van der Waals surface area contributed by atoms with Crippen molar-refractivity contribution < 1.29 is 9.21 Å². The molecule has 114 valence electrons. The molecule has 1 aliphatic carbocycles. The zero-order valence-electron chi connectivity index (χ0n) is 12.7. The Morgan fingerprint density at radius 3 is 2.91 bits per heavy atom. The summed E-state index contributed by atoms with van der Waals surface area (Å²) in [6, 6.07) is 11.7. The van der Waals surface area contributed by atoms with Gasteiger partial charge in [0.1, 0.15) is 11.5 Å². The van der Waals surface area contributed by atoms with Gasteiger partial charge >= 0.3 is 0 Å². The molecule has 2 atom stereocenters. The Bertz CT molecular complexity index is 705. The Balaban J connectivity index is 1.59. The van der Waals surface area contributed by atoms with Gasteiger partial charge in [0.15, 0.2) is 0 Å². The minimum absolute atomic E-state index is 0.156. The molecule has 2 unspecified atom stereocenters. The van der Waals surface area contributed by atoms with Gasteiger partial charge in [-0.2, -0.15) is 0 Å². The van der Waals surface area contributed by atoms with Gasteiger partial charge in [0.25, 0.3) is 0 Å². The second-order valence-electron chi connectivity index (χ2n) is 5.61. The highest BCUT2D eigenvalue weighted by atomic mass is 32.2. The van der Waals surface area contributed by atoms with Gasteiger partial charge in [-0.25, -0.2) is 0 Å². The number of hydrogen-bond acceptors (Lipinski definition) is 3. The van der Waals surface area contributed by atoms with E-state index in [1.807, 2.05) is 42.7 Å². The van der Waals surface area contributed by atoms with E-state index in [9.17, 15) is 4.79 Å². The lowest BCUT2D eigenvalue weighted by molar-refractivity contribution is -0.111. The second kappa shape index (κ2) is 6.44. The molecule has 0 saturated heterocycles. The lowest BCUT2D eigenvalue weighted by Gasteiger charge is -2.03. The van der Waals surface area contributed by atoms with E-state index >= 15 is 0 Å². The molecule has 1 saturated carbocycles. The number of amides is 1. The van der Waals surface area contributed by atoms with Crippen molar-refractivity contribution in [2.24, 2.45) is 5.92 Å². The molecule has 0 radical (unpaired) electrons. The zero-order valence-corrected chi connectivity index (χ0v) is 13.5. The maximum Gasteiger partial charge on any atom is 0.248 e. The highest BCUT2D eigenvalue weighted by Gasteiger charge is 2.36. The van der Waals surface area contributed by atoms with Crippen LogP contribution < -0.4 is 5.32 Å². The average Bonchev–Trinajstić information content (AvgIpc) is 3.07. The van der Waals surface area contributed by atoms with Gasteiger partial charge < -0.3 is 9.73 Å². The van der Waals surface area contributed by atoms with E-state index in [1.54, 1.807) is 17.8 Å². The molecule has 1 amide bonds. The van der Waals surface area contributed by atoms with Crippen LogP contribution in [0.5, 0.6) is 0 Å². The molecule has 22 heavy (non-hydrogen) atoms. The van der Waals surface area contributed by atoms with Gasteiger partial charge in [-0.3, -0.25) is 4.79 Å². The van der Waals surface area contributed by atoms with E-state index < -0.39 is 0 Å². The highest BCUT2D eigenvalue weighted by Crippen LogP contribution is 2.47. The zero-order chi connectivity index (χ0) is 15.5. The Morgan fingerprint density at radius 1 is 1.36 bits per heavy atom. The fourth-order valence-corrected chi connectivity index (χ4v) is 2.88. The SMILES string of the molecule is CSc1cccc(NC(=O)C=Cc2ccc(C3CC3C)o2)c1. The molecule has 0 bridgehead atoms. The lowest BCUT2D eigenvalue weighted by atomic mass is 10.3. The number of nitrogens with one attached hydrogen (secondary N) is 1. The summed E-state index contributed by atoms with van der Waals surface area (Å²) < 4.78 is 5.74. The molecule has 1 N–H and O–H groups in total. The third-order valence-electron chi connectivity index (χ3n) is 3.86. The minimum Gasteiger partial charge on any atom is -0.461 e. The standard InChI is InChI=1S/C18H19NO2S/c1-12-10-16(12)17-8-6-14(21-17)7-9-18(20)19-13-4-3-5-15(11-13)22-2/h3-9,11-12,16H,10H2,1-2H3,(H,19,20). The molecule has 0 spiro atoms. The third-order valence-corrected chi connectivity index (χ3v) is 4.58. The number of rotatable bonds is 5. The molecule has 1 aromatic heterocycles. The minimum atomic E-state index is -0.156. The summed E-state index contributed by atoms with van der Waals surface area (Å²) in [7, 11) is 0. The fraction of sp³-hybridized carbons (Fsp3) is 0.278. The summed E-state index contributed by atoms with van der Waals surface area (Å²) in [4.78, 5) is 13.1. The summed E-state index contributed by atoms with van der Waals surface area (Å²) in [6.07, 6.45) is 6.42. The topological polar surface area (TPSA) is 42.2 Å². The van der Waals surface area contributed by atoms with Crippen molar-refractivity contribution in [2.75, 3.05) is 11.6 Å². The molecule has 4 heteroatoms. The second-order valence-corrected chi connectivity index (χ2v) is 6.49. The van der Waals surface area contributed by atoms with E-state index in [2.05, 4.69) is 12.2 Å². The smallest absolute Gasteiger partial charge is 0.248 e. The van der Waals surface area contributed by atoms with Crippen LogP contribution in [0, 0.1) is 5.92 Å². The first-order chi connectivity index (χ1) is 10.7. The number of furan rings is 1. The van der Waals surface area contributed by atoms with Crippen molar-refractivity contribution in [3.63, 3.8) is 0 Å². The number of anilines is 1. The fourth-order valence-electron chi connectivity index (χ4n) is 2.42. The molecule has 1 aliphatic rings. The van der Waals surface area contributed by atoms with Crippen LogP contribution in [0.3, 0.4) is 0 Å². The van der Waals surface area contributed by atoms with Crippen molar-refractivity contribution >= 4 is 29.4 Å². The monoisotopic (exact) mass is 313 g/mol. The van der Waals surface area contributed by atoms with Crippen molar-refractivity contribution in [1.29, 1.82) is 0 Å². The van der Waals surface area contributed by atoms with Gasteiger partial charge in [-0.15, -0.1) is 11.8 Å². The molecule has 1 aromatic carbocycles. The number of thioether (sulfide) groups is 1. The molecule has 0 aliphatic heterocycles. The molecule has 3 rings (SSSR count). The third kappa shape index (κ3) is 3.63.